The Hall–Kier alpha value is -1.93. The van der Waals surface area contributed by atoms with Gasteiger partial charge in [-0.3, -0.25) is 5.10 Å². The lowest BCUT2D eigenvalue weighted by molar-refractivity contribution is -0.0145. The SMILES string of the molecule is CC(F)(F)CCNC(=O)N1CCC(C(C)(C)[C@H](O)c2cc(Cl)cc3cn[nH]c23)CC1. The maximum atomic E-state index is 12.9. The van der Waals surface area contributed by atoms with Gasteiger partial charge in [-0.15, -0.1) is 0 Å². The van der Waals surface area contributed by atoms with Gasteiger partial charge >= 0.3 is 6.03 Å². The molecule has 30 heavy (non-hydrogen) atoms. The maximum absolute atomic E-state index is 12.9. The molecule has 0 aliphatic carbocycles. The molecule has 2 amide bonds. The molecule has 0 unspecified atom stereocenters. The van der Waals surface area contributed by atoms with Crippen molar-refractivity contribution in [2.24, 2.45) is 11.3 Å². The van der Waals surface area contributed by atoms with Crippen LogP contribution in [0.25, 0.3) is 10.9 Å². The number of nitrogens with zero attached hydrogens (tertiary/aromatic N) is 2. The van der Waals surface area contributed by atoms with Gasteiger partial charge in [-0.1, -0.05) is 25.4 Å². The lowest BCUT2D eigenvalue weighted by Gasteiger charge is -2.43. The van der Waals surface area contributed by atoms with Crippen molar-refractivity contribution in [3.8, 4) is 0 Å². The van der Waals surface area contributed by atoms with E-state index in [0.29, 0.717) is 36.5 Å². The van der Waals surface area contributed by atoms with Crippen molar-refractivity contribution in [3.63, 3.8) is 0 Å². The zero-order valence-electron chi connectivity index (χ0n) is 17.5. The van der Waals surface area contributed by atoms with Crippen molar-refractivity contribution in [1.82, 2.24) is 20.4 Å². The first kappa shape index (κ1) is 22.7. The third-order valence-corrected chi connectivity index (χ3v) is 6.44. The Morgan fingerprint density at radius 2 is 2.03 bits per heavy atom. The van der Waals surface area contributed by atoms with E-state index < -0.39 is 17.4 Å². The number of H-pyrrole nitrogens is 1. The van der Waals surface area contributed by atoms with Gasteiger partial charge < -0.3 is 15.3 Å². The Balaban J connectivity index is 1.62. The van der Waals surface area contributed by atoms with Gasteiger partial charge in [-0.25, -0.2) is 13.6 Å². The van der Waals surface area contributed by atoms with Crippen LogP contribution in [0.2, 0.25) is 5.02 Å². The Labute approximate surface area is 180 Å². The summed E-state index contributed by atoms with van der Waals surface area (Å²) < 4.78 is 25.8. The highest BCUT2D eigenvalue weighted by Gasteiger charge is 2.40. The molecule has 1 fully saturated rings. The van der Waals surface area contributed by atoms with Crippen molar-refractivity contribution >= 4 is 28.5 Å². The van der Waals surface area contributed by atoms with Crippen LogP contribution in [0, 0.1) is 11.3 Å². The van der Waals surface area contributed by atoms with Crippen LogP contribution in [0.5, 0.6) is 0 Å². The van der Waals surface area contributed by atoms with Crippen molar-refractivity contribution < 1.29 is 18.7 Å². The average molecular weight is 443 g/mol. The number of piperidine rings is 1. The number of carbonyl (C=O) groups excluding carboxylic acids is 1. The summed E-state index contributed by atoms with van der Waals surface area (Å²) in [6.07, 6.45) is 1.96. The molecule has 1 atom stereocenters. The molecular weight excluding hydrogens is 414 g/mol. The number of hydrogen-bond acceptors (Lipinski definition) is 3. The first-order chi connectivity index (χ1) is 14.0. The van der Waals surface area contributed by atoms with Crippen LogP contribution >= 0.6 is 11.6 Å². The molecular formula is C21H29ClF2N4O2. The topological polar surface area (TPSA) is 81.2 Å². The third kappa shape index (κ3) is 5.03. The van der Waals surface area contributed by atoms with Crippen LogP contribution in [0.4, 0.5) is 13.6 Å². The number of likely N-dealkylation sites (tertiary alicyclic amines) is 1. The summed E-state index contributed by atoms with van der Waals surface area (Å²) in [7, 11) is 0. The van der Waals surface area contributed by atoms with Gasteiger partial charge in [0.25, 0.3) is 0 Å². The number of aliphatic hydroxyl groups excluding tert-OH is 1. The highest BCUT2D eigenvalue weighted by Crippen LogP contribution is 2.46. The fourth-order valence-corrected chi connectivity index (χ4v) is 4.45. The van der Waals surface area contributed by atoms with Gasteiger partial charge in [0, 0.05) is 42.0 Å². The Kier molecular flexibility index (Phi) is 6.57. The van der Waals surface area contributed by atoms with Crippen LogP contribution < -0.4 is 5.32 Å². The number of hydrogen-bond donors (Lipinski definition) is 3. The molecule has 0 saturated carbocycles. The summed E-state index contributed by atoms with van der Waals surface area (Å²) in [5.41, 5.74) is 1.01. The fraction of sp³-hybridized carbons (Fsp3) is 0.619. The van der Waals surface area contributed by atoms with E-state index in [1.165, 1.54) is 0 Å². The van der Waals surface area contributed by atoms with E-state index in [0.717, 1.165) is 17.8 Å². The molecule has 166 valence electrons. The van der Waals surface area contributed by atoms with E-state index in [1.54, 1.807) is 23.2 Å². The quantitative estimate of drug-likeness (QED) is 0.604. The lowest BCUT2D eigenvalue weighted by Crippen LogP contribution is -2.47. The van der Waals surface area contributed by atoms with Gasteiger partial charge in [0.05, 0.1) is 17.8 Å². The number of nitrogens with one attached hydrogen (secondary N) is 2. The van der Waals surface area contributed by atoms with Crippen molar-refractivity contribution in [1.29, 1.82) is 0 Å². The van der Waals surface area contributed by atoms with E-state index in [1.807, 2.05) is 13.8 Å². The van der Waals surface area contributed by atoms with Gasteiger partial charge in [-0.05, 0) is 43.2 Å². The van der Waals surface area contributed by atoms with Gasteiger partial charge in [-0.2, -0.15) is 5.10 Å². The second kappa shape index (κ2) is 8.67. The van der Waals surface area contributed by atoms with E-state index in [9.17, 15) is 18.7 Å². The monoisotopic (exact) mass is 442 g/mol. The molecule has 0 radical (unpaired) electrons. The fourth-order valence-electron chi connectivity index (χ4n) is 4.21. The molecule has 3 N–H and O–H groups in total. The molecule has 9 heteroatoms. The maximum Gasteiger partial charge on any atom is 0.317 e. The van der Waals surface area contributed by atoms with E-state index >= 15 is 0 Å². The van der Waals surface area contributed by atoms with Gasteiger partial charge in [0.2, 0.25) is 5.92 Å². The molecule has 6 nitrogen and oxygen atoms in total. The minimum Gasteiger partial charge on any atom is -0.388 e. The Bertz CT molecular complexity index is 889. The molecule has 2 aromatic rings. The highest BCUT2D eigenvalue weighted by molar-refractivity contribution is 6.31. The molecule has 0 spiro atoms. The zero-order chi connectivity index (χ0) is 22.1. The summed E-state index contributed by atoms with van der Waals surface area (Å²) >= 11 is 6.23. The van der Waals surface area contributed by atoms with Crippen LogP contribution in [0.3, 0.4) is 0 Å². The number of halogens is 3. The Morgan fingerprint density at radius 3 is 2.67 bits per heavy atom. The number of aromatic nitrogens is 2. The van der Waals surface area contributed by atoms with Crippen molar-refractivity contribution in [3.05, 3.63) is 28.9 Å². The summed E-state index contributed by atoms with van der Waals surface area (Å²) in [4.78, 5) is 13.9. The minimum atomic E-state index is -2.79. The predicted octanol–water partition coefficient (Wildman–Crippen LogP) is 4.74. The van der Waals surface area contributed by atoms with E-state index in [4.69, 9.17) is 11.6 Å². The van der Waals surface area contributed by atoms with Crippen LogP contribution in [-0.4, -0.2) is 51.8 Å². The number of alkyl halides is 2. The number of aromatic amines is 1. The third-order valence-electron chi connectivity index (χ3n) is 6.22. The summed E-state index contributed by atoms with van der Waals surface area (Å²) in [6.45, 7) is 5.86. The number of benzene rings is 1. The number of rotatable bonds is 6. The first-order valence-corrected chi connectivity index (χ1v) is 10.6. The summed E-state index contributed by atoms with van der Waals surface area (Å²) in [5.74, 6) is -2.62. The van der Waals surface area contributed by atoms with Gasteiger partial charge in [0.1, 0.15) is 0 Å². The van der Waals surface area contributed by atoms with Crippen molar-refractivity contribution in [2.75, 3.05) is 19.6 Å². The number of aliphatic hydroxyl groups is 1. The minimum absolute atomic E-state index is 0.0542. The van der Waals surface area contributed by atoms with E-state index in [2.05, 4.69) is 15.5 Å². The number of amides is 2. The van der Waals surface area contributed by atoms with Crippen molar-refractivity contribution in [2.45, 2.75) is 52.1 Å². The second-order valence-corrected chi connectivity index (χ2v) is 9.30. The average Bonchev–Trinajstić information content (AvgIpc) is 3.14. The smallest absolute Gasteiger partial charge is 0.317 e. The van der Waals surface area contributed by atoms with Crippen LogP contribution in [-0.2, 0) is 0 Å². The molecule has 1 aromatic carbocycles. The van der Waals surface area contributed by atoms with Crippen LogP contribution in [0.15, 0.2) is 18.3 Å². The molecule has 3 rings (SSSR count). The second-order valence-electron chi connectivity index (χ2n) is 8.87. The van der Waals surface area contributed by atoms with Crippen LogP contribution in [0.1, 0.15) is 51.7 Å². The molecule has 1 saturated heterocycles. The molecule has 1 aliphatic rings. The predicted molar refractivity (Wildman–Crippen MR) is 113 cm³/mol. The van der Waals surface area contributed by atoms with Gasteiger partial charge in [0.15, 0.2) is 0 Å². The van der Waals surface area contributed by atoms with E-state index in [-0.39, 0.29) is 24.9 Å². The first-order valence-electron chi connectivity index (χ1n) is 10.2. The molecule has 0 bridgehead atoms. The molecule has 1 aromatic heterocycles. The molecule has 1 aliphatic heterocycles. The highest BCUT2D eigenvalue weighted by atomic mass is 35.5. The normalized spacial score (nSPS) is 17.4. The standard InChI is InChI=1S/C21H29ClF2N4O2/c1-20(2,18(29)16-11-15(22)10-13-12-26-27-17(13)16)14-4-8-28(9-5-14)19(30)25-7-6-21(3,23)24/h10-12,14,18,29H,4-9H2,1-3H3,(H,25,30)(H,26,27)/t18-/m1/s1. The zero-order valence-corrected chi connectivity index (χ0v) is 18.3. The number of fused-ring (bicyclic) bond motifs is 1. The number of urea groups is 1. The lowest BCUT2D eigenvalue weighted by atomic mass is 9.68. The Morgan fingerprint density at radius 1 is 1.37 bits per heavy atom. The number of carbonyl (C=O) groups is 1. The summed E-state index contributed by atoms with van der Waals surface area (Å²) in [6, 6.07) is 3.25. The largest absolute Gasteiger partial charge is 0.388 e. The molecule has 2 heterocycles. The summed E-state index contributed by atoms with van der Waals surface area (Å²) in [5, 5.41) is 22.2.